The second-order valence-electron chi connectivity index (χ2n) is 5.66. The van der Waals surface area contributed by atoms with Gasteiger partial charge in [-0.2, -0.15) is 5.26 Å². The van der Waals surface area contributed by atoms with E-state index in [1.165, 1.54) is 34.6 Å². The smallest absolute Gasteiger partial charge is 0.136 e. The number of benzene rings is 2. The Morgan fingerprint density at radius 1 is 1.16 bits per heavy atom. The number of aryl methyl sites for hydroxylation is 2. The minimum atomic E-state index is -0.298. The molecule has 0 radical (unpaired) electrons. The van der Waals surface area contributed by atoms with E-state index in [9.17, 15) is 9.65 Å². The highest BCUT2D eigenvalue weighted by Gasteiger charge is 2.09. The van der Waals surface area contributed by atoms with Gasteiger partial charge >= 0.3 is 0 Å². The monoisotopic (exact) mass is 349 g/mol. The van der Waals surface area contributed by atoms with Crippen LogP contribution in [0.2, 0.25) is 0 Å². The van der Waals surface area contributed by atoms with Crippen LogP contribution in [0.1, 0.15) is 16.1 Å². The van der Waals surface area contributed by atoms with Crippen LogP contribution < -0.4 is 5.32 Å². The Bertz CT molecular complexity index is 965. The molecule has 124 valence electrons. The van der Waals surface area contributed by atoms with Gasteiger partial charge < -0.3 is 5.32 Å². The number of hydrogen-bond acceptors (Lipinski definition) is 4. The number of nitrogens with zero attached hydrogens (tertiary/aromatic N) is 2. The van der Waals surface area contributed by atoms with Crippen molar-refractivity contribution in [2.24, 2.45) is 0 Å². The quantitative estimate of drug-likeness (QED) is 0.629. The largest absolute Gasteiger partial charge is 0.360 e. The van der Waals surface area contributed by atoms with Gasteiger partial charge in [-0.15, -0.1) is 11.3 Å². The Morgan fingerprint density at radius 2 is 1.92 bits per heavy atom. The molecule has 0 aliphatic carbocycles. The lowest BCUT2D eigenvalue weighted by molar-refractivity contribution is 0.628. The van der Waals surface area contributed by atoms with Gasteiger partial charge in [-0.1, -0.05) is 12.1 Å². The summed E-state index contributed by atoms with van der Waals surface area (Å²) in [5.74, 6) is -0.298. The lowest BCUT2D eigenvalue weighted by Gasteiger charge is -2.02. The molecule has 0 aliphatic rings. The van der Waals surface area contributed by atoms with Gasteiger partial charge in [-0.3, -0.25) is 0 Å². The molecule has 1 N–H and O–H groups in total. The van der Waals surface area contributed by atoms with Crippen LogP contribution in [-0.2, 0) is 0 Å². The first-order valence-corrected chi connectivity index (χ1v) is 8.60. The molecule has 0 saturated carbocycles. The fourth-order valence-corrected chi connectivity index (χ4v) is 3.07. The van der Waals surface area contributed by atoms with Crippen LogP contribution in [0.15, 0.2) is 54.0 Å². The fraction of sp³-hybridized carbons (Fsp3) is 0.100. The van der Waals surface area contributed by atoms with Crippen molar-refractivity contribution in [3.63, 3.8) is 0 Å². The summed E-state index contributed by atoms with van der Waals surface area (Å²) in [5.41, 5.74) is 5.48. The van der Waals surface area contributed by atoms with Crippen molar-refractivity contribution in [2.75, 3.05) is 5.32 Å². The van der Waals surface area contributed by atoms with Crippen LogP contribution in [0, 0.1) is 31.0 Å². The van der Waals surface area contributed by atoms with Crippen molar-refractivity contribution >= 4 is 22.6 Å². The van der Waals surface area contributed by atoms with E-state index >= 15 is 0 Å². The van der Waals surface area contributed by atoms with E-state index in [1.54, 1.807) is 18.3 Å². The first kappa shape index (κ1) is 16.9. The van der Waals surface area contributed by atoms with Crippen LogP contribution in [0.25, 0.3) is 16.8 Å². The number of aromatic nitrogens is 1. The van der Waals surface area contributed by atoms with Gasteiger partial charge in [0, 0.05) is 22.8 Å². The first-order valence-electron chi connectivity index (χ1n) is 7.73. The van der Waals surface area contributed by atoms with Crippen LogP contribution in [0.4, 0.5) is 10.1 Å². The second kappa shape index (κ2) is 7.29. The van der Waals surface area contributed by atoms with Crippen LogP contribution in [0.3, 0.4) is 0 Å². The van der Waals surface area contributed by atoms with Crippen molar-refractivity contribution in [1.29, 1.82) is 5.26 Å². The highest BCUT2D eigenvalue weighted by atomic mass is 32.1. The van der Waals surface area contributed by atoms with Crippen molar-refractivity contribution in [3.8, 4) is 17.3 Å². The summed E-state index contributed by atoms with van der Waals surface area (Å²) in [4.78, 5) is 4.58. The van der Waals surface area contributed by atoms with E-state index in [-0.39, 0.29) is 5.82 Å². The third-order valence-corrected chi connectivity index (χ3v) is 4.76. The standard InChI is InChI=1S/C20H16FN3S/c1-13-3-4-15(9-14(13)2)19-12-25-20(24-19)16(10-22)11-23-18-7-5-17(21)6-8-18/h3-9,11-12,23H,1-2H3/b16-11+. The minimum absolute atomic E-state index is 0.298. The van der Waals surface area contributed by atoms with Gasteiger partial charge in [-0.05, 0) is 55.3 Å². The molecule has 5 heteroatoms. The highest BCUT2D eigenvalue weighted by Crippen LogP contribution is 2.27. The molecule has 3 nitrogen and oxygen atoms in total. The Balaban J connectivity index is 1.83. The molecule has 0 atom stereocenters. The molecular formula is C20H16FN3S. The summed E-state index contributed by atoms with van der Waals surface area (Å²) < 4.78 is 12.9. The molecule has 0 spiro atoms. The number of rotatable bonds is 4. The molecule has 25 heavy (non-hydrogen) atoms. The van der Waals surface area contributed by atoms with Gasteiger partial charge in [0.1, 0.15) is 22.5 Å². The average Bonchev–Trinajstić information content (AvgIpc) is 3.09. The topological polar surface area (TPSA) is 48.7 Å². The maximum absolute atomic E-state index is 12.9. The van der Waals surface area contributed by atoms with Crippen molar-refractivity contribution in [2.45, 2.75) is 13.8 Å². The van der Waals surface area contributed by atoms with E-state index in [0.29, 0.717) is 16.3 Å². The summed E-state index contributed by atoms with van der Waals surface area (Å²) in [5, 5.41) is 15.0. The third kappa shape index (κ3) is 3.93. The van der Waals surface area contributed by atoms with Crippen LogP contribution >= 0.6 is 11.3 Å². The molecule has 0 fully saturated rings. The number of nitrogens with one attached hydrogen (secondary N) is 1. The maximum atomic E-state index is 12.9. The highest BCUT2D eigenvalue weighted by molar-refractivity contribution is 7.11. The molecule has 1 aromatic heterocycles. The Hall–Kier alpha value is -2.97. The van der Waals surface area contributed by atoms with E-state index in [2.05, 4.69) is 42.4 Å². The molecular weight excluding hydrogens is 333 g/mol. The molecule has 3 aromatic rings. The predicted molar refractivity (Wildman–Crippen MR) is 101 cm³/mol. The summed E-state index contributed by atoms with van der Waals surface area (Å²) in [7, 11) is 0. The third-order valence-electron chi connectivity index (χ3n) is 3.89. The summed E-state index contributed by atoms with van der Waals surface area (Å²) >= 11 is 1.42. The molecule has 3 rings (SSSR count). The number of thiazole rings is 1. The number of anilines is 1. The molecule has 0 amide bonds. The summed E-state index contributed by atoms with van der Waals surface area (Å²) in [6.07, 6.45) is 1.59. The van der Waals surface area contributed by atoms with Gasteiger partial charge in [0.2, 0.25) is 0 Å². The molecule has 0 bridgehead atoms. The van der Waals surface area contributed by atoms with Crippen molar-refractivity contribution in [1.82, 2.24) is 4.98 Å². The Morgan fingerprint density at radius 3 is 2.60 bits per heavy atom. The zero-order valence-electron chi connectivity index (χ0n) is 13.9. The normalized spacial score (nSPS) is 11.2. The SMILES string of the molecule is Cc1ccc(-c2csc(/C(C#N)=C/Nc3ccc(F)cc3)n2)cc1C. The maximum Gasteiger partial charge on any atom is 0.136 e. The molecule has 1 heterocycles. The number of hydrogen-bond donors (Lipinski definition) is 1. The number of halogens is 1. The predicted octanol–water partition coefficient (Wildman–Crippen LogP) is 5.54. The molecule has 0 saturated heterocycles. The lowest BCUT2D eigenvalue weighted by Crippen LogP contribution is -1.91. The molecule has 0 aliphatic heterocycles. The van der Waals surface area contributed by atoms with Gasteiger partial charge in [0.05, 0.1) is 5.69 Å². The zero-order chi connectivity index (χ0) is 17.8. The molecule has 0 unspecified atom stereocenters. The van der Waals surface area contributed by atoms with Crippen molar-refractivity contribution in [3.05, 3.63) is 76.0 Å². The van der Waals surface area contributed by atoms with E-state index in [0.717, 1.165) is 11.3 Å². The number of allylic oxidation sites excluding steroid dienone is 1. The summed E-state index contributed by atoms with van der Waals surface area (Å²) in [6.45, 7) is 4.14. The van der Waals surface area contributed by atoms with E-state index < -0.39 is 0 Å². The second-order valence-corrected chi connectivity index (χ2v) is 6.52. The first-order chi connectivity index (χ1) is 12.1. The molecule has 2 aromatic carbocycles. The Kier molecular flexibility index (Phi) is 4.92. The average molecular weight is 349 g/mol. The summed E-state index contributed by atoms with van der Waals surface area (Å²) in [6, 6.07) is 14.3. The fourth-order valence-electron chi connectivity index (χ4n) is 2.27. The zero-order valence-corrected chi connectivity index (χ0v) is 14.7. The van der Waals surface area contributed by atoms with Gasteiger partial charge in [0.25, 0.3) is 0 Å². The minimum Gasteiger partial charge on any atom is -0.360 e. The van der Waals surface area contributed by atoms with Gasteiger partial charge in [-0.25, -0.2) is 9.37 Å². The van der Waals surface area contributed by atoms with E-state index in [1.807, 2.05) is 11.4 Å². The number of nitriles is 1. The lowest BCUT2D eigenvalue weighted by atomic mass is 10.1. The van der Waals surface area contributed by atoms with Gasteiger partial charge in [0.15, 0.2) is 0 Å². The van der Waals surface area contributed by atoms with Crippen LogP contribution in [-0.4, -0.2) is 4.98 Å². The van der Waals surface area contributed by atoms with E-state index in [4.69, 9.17) is 0 Å². The van der Waals surface area contributed by atoms with Crippen molar-refractivity contribution < 1.29 is 4.39 Å². The Labute approximate surface area is 150 Å². The van der Waals surface area contributed by atoms with Crippen LogP contribution in [0.5, 0.6) is 0 Å².